The van der Waals surface area contributed by atoms with E-state index in [0.29, 0.717) is 41.6 Å². The molecule has 13 heteroatoms. The molecule has 0 aliphatic carbocycles. The smallest absolute Gasteiger partial charge is 0.326 e. The molecule has 274 valence electrons. The molecule has 2 heterocycles. The molecule has 2 unspecified atom stereocenters. The first-order chi connectivity index (χ1) is 24.0. The van der Waals surface area contributed by atoms with Crippen LogP contribution in [-0.4, -0.2) is 89.4 Å². The average Bonchev–Trinajstić information content (AvgIpc) is 3.74. The van der Waals surface area contributed by atoms with Crippen molar-refractivity contribution < 1.29 is 38.5 Å². The van der Waals surface area contributed by atoms with Crippen LogP contribution in [0.5, 0.6) is 11.5 Å². The van der Waals surface area contributed by atoms with E-state index in [0.717, 1.165) is 31.2 Å². The topological polar surface area (TPSA) is 147 Å². The number of ether oxygens (including phenoxy) is 3. The van der Waals surface area contributed by atoms with Crippen LogP contribution in [0, 0.1) is 5.92 Å². The minimum Gasteiger partial charge on any atom is -0.480 e. The molecule has 0 aromatic heterocycles. The molecule has 3 N–H and O–H groups in total. The van der Waals surface area contributed by atoms with Crippen LogP contribution in [-0.2, 0) is 32.1 Å². The number of nitrogens with one attached hydrogen (secondary N) is 2. The van der Waals surface area contributed by atoms with Gasteiger partial charge in [-0.15, -0.1) is 0 Å². The Labute approximate surface area is 299 Å². The second-order valence-electron chi connectivity index (χ2n) is 13.4. The SMILES string of the molecule is CCCCN(CCCC)C(=O)NC(CC(C)C)C(=O)N1C[C@H](OCc2ccc3c(c2)OCO3)C[C@H]1C(=O)NC(Cc1ccc(Cl)cc1)C(=O)O. The van der Waals surface area contributed by atoms with Gasteiger partial charge in [-0.1, -0.05) is 70.3 Å². The molecular formula is C37H51ClN4O8. The monoisotopic (exact) mass is 714 g/mol. The largest absolute Gasteiger partial charge is 0.480 e. The summed E-state index contributed by atoms with van der Waals surface area (Å²) in [5.74, 6) is -0.883. The van der Waals surface area contributed by atoms with E-state index < -0.39 is 42.0 Å². The fraction of sp³-hybridized carbons (Fsp3) is 0.568. The molecule has 2 aromatic carbocycles. The molecule has 4 amide bonds. The highest BCUT2D eigenvalue weighted by Gasteiger charge is 2.43. The highest BCUT2D eigenvalue weighted by molar-refractivity contribution is 6.30. The summed E-state index contributed by atoms with van der Waals surface area (Å²) in [5, 5.41) is 16.2. The van der Waals surface area contributed by atoms with Crippen LogP contribution >= 0.6 is 11.6 Å². The minimum atomic E-state index is -1.24. The molecule has 0 radical (unpaired) electrons. The van der Waals surface area contributed by atoms with E-state index in [4.69, 9.17) is 25.8 Å². The van der Waals surface area contributed by atoms with Gasteiger partial charge in [0.15, 0.2) is 11.5 Å². The first-order valence-electron chi connectivity index (χ1n) is 17.6. The van der Waals surface area contributed by atoms with Crippen LogP contribution in [0.15, 0.2) is 42.5 Å². The molecule has 2 aliphatic heterocycles. The summed E-state index contributed by atoms with van der Waals surface area (Å²) in [5.41, 5.74) is 1.51. The Morgan fingerprint density at radius 3 is 2.26 bits per heavy atom. The van der Waals surface area contributed by atoms with E-state index in [1.54, 1.807) is 35.2 Å². The molecule has 2 aliphatic rings. The first-order valence-corrected chi connectivity index (χ1v) is 18.0. The van der Waals surface area contributed by atoms with Gasteiger partial charge in [0.2, 0.25) is 18.6 Å². The van der Waals surface area contributed by atoms with Crippen molar-refractivity contribution in [3.05, 3.63) is 58.6 Å². The fourth-order valence-electron chi connectivity index (χ4n) is 6.13. The Balaban J connectivity index is 1.54. The summed E-state index contributed by atoms with van der Waals surface area (Å²) < 4.78 is 17.1. The number of halogens is 1. The van der Waals surface area contributed by atoms with Crippen molar-refractivity contribution in [2.75, 3.05) is 26.4 Å². The minimum absolute atomic E-state index is 0.0281. The summed E-state index contributed by atoms with van der Waals surface area (Å²) in [6, 6.07) is 8.77. The molecular weight excluding hydrogens is 664 g/mol. The van der Waals surface area contributed by atoms with Gasteiger partial charge in [-0.25, -0.2) is 9.59 Å². The van der Waals surface area contributed by atoms with Gasteiger partial charge < -0.3 is 39.8 Å². The van der Waals surface area contributed by atoms with Crippen LogP contribution < -0.4 is 20.1 Å². The lowest BCUT2D eigenvalue weighted by molar-refractivity contribution is -0.144. The Morgan fingerprint density at radius 1 is 0.960 bits per heavy atom. The maximum Gasteiger partial charge on any atom is 0.326 e. The van der Waals surface area contributed by atoms with Gasteiger partial charge in [-0.2, -0.15) is 0 Å². The number of rotatable bonds is 18. The molecule has 12 nitrogen and oxygen atoms in total. The van der Waals surface area contributed by atoms with Crippen molar-refractivity contribution in [3.63, 3.8) is 0 Å². The summed E-state index contributed by atoms with van der Waals surface area (Å²) in [6.07, 6.45) is 3.56. The molecule has 4 rings (SSSR count). The number of carboxylic acids is 1. The highest BCUT2D eigenvalue weighted by Crippen LogP contribution is 2.33. The van der Waals surface area contributed by atoms with Gasteiger partial charge in [0.05, 0.1) is 12.7 Å². The van der Waals surface area contributed by atoms with Crippen LogP contribution in [0.2, 0.25) is 5.02 Å². The highest BCUT2D eigenvalue weighted by atomic mass is 35.5. The number of amides is 4. The molecule has 1 fully saturated rings. The zero-order valence-electron chi connectivity index (χ0n) is 29.5. The summed E-state index contributed by atoms with van der Waals surface area (Å²) >= 11 is 6.00. The number of urea groups is 1. The number of nitrogens with zero attached hydrogens (tertiary/aromatic N) is 2. The van der Waals surface area contributed by atoms with Crippen molar-refractivity contribution in [2.45, 2.75) is 103 Å². The van der Waals surface area contributed by atoms with Gasteiger partial charge in [0, 0.05) is 37.5 Å². The number of carboxylic acid groups (broad SMARTS) is 1. The summed E-state index contributed by atoms with van der Waals surface area (Å²) in [6.45, 7) is 9.67. The standard InChI is InChI=1S/C37H51ClN4O8/c1-5-7-15-41(16-8-6-2)37(47)40-29(17-24(3)4)35(44)42-21-28(48-22-26-11-14-32-33(19-26)50-23-49-32)20-31(42)34(43)39-30(36(45)46)18-25-9-12-27(38)13-10-25/h9-14,19,24,28-31H,5-8,15-18,20-23H2,1-4H3,(H,39,43)(H,40,47)(H,45,46)/t28-,29?,30?,31+/m1/s1. The van der Waals surface area contributed by atoms with E-state index in [-0.39, 0.29) is 44.7 Å². The quantitative estimate of drug-likeness (QED) is 0.186. The third kappa shape index (κ3) is 11.0. The third-order valence-electron chi connectivity index (χ3n) is 8.89. The Hall–Kier alpha value is -4.03. The van der Waals surface area contributed by atoms with E-state index in [9.17, 15) is 24.3 Å². The van der Waals surface area contributed by atoms with Crippen molar-refractivity contribution in [1.82, 2.24) is 20.4 Å². The number of benzene rings is 2. The first kappa shape index (κ1) is 38.8. The van der Waals surface area contributed by atoms with Gasteiger partial charge in [0.1, 0.15) is 18.1 Å². The van der Waals surface area contributed by atoms with E-state index in [1.807, 2.05) is 26.0 Å². The molecule has 0 saturated carbocycles. The predicted molar refractivity (Wildman–Crippen MR) is 189 cm³/mol. The number of carbonyl (C=O) groups excluding carboxylic acids is 3. The second kappa shape index (κ2) is 18.8. The van der Waals surface area contributed by atoms with Crippen LogP contribution in [0.1, 0.15) is 77.3 Å². The lowest BCUT2D eigenvalue weighted by Crippen LogP contribution is -2.57. The van der Waals surface area contributed by atoms with Crippen LogP contribution in [0.25, 0.3) is 0 Å². The zero-order valence-corrected chi connectivity index (χ0v) is 30.2. The normalized spacial score (nSPS) is 17.8. The van der Waals surface area contributed by atoms with E-state index in [2.05, 4.69) is 24.5 Å². The number of carbonyl (C=O) groups is 4. The van der Waals surface area contributed by atoms with Gasteiger partial charge >= 0.3 is 12.0 Å². The zero-order chi connectivity index (χ0) is 36.2. The molecule has 4 atom stereocenters. The number of unbranched alkanes of at least 4 members (excludes halogenated alkanes) is 2. The lowest BCUT2D eigenvalue weighted by Gasteiger charge is -2.31. The third-order valence-corrected chi connectivity index (χ3v) is 9.14. The number of aliphatic carboxylic acids is 1. The number of hydrogen-bond acceptors (Lipinski definition) is 7. The van der Waals surface area contributed by atoms with Crippen molar-refractivity contribution >= 4 is 35.4 Å². The number of fused-ring (bicyclic) bond motifs is 1. The van der Waals surface area contributed by atoms with Crippen molar-refractivity contribution in [2.24, 2.45) is 5.92 Å². The lowest BCUT2D eigenvalue weighted by atomic mass is 10.0. The van der Waals surface area contributed by atoms with Crippen molar-refractivity contribution in [1.29, 1.82) is 0 Å². The number of hydrogen-bond donors (Lipinski definition) is 3. The molecule has 50 heavy (non-hydrogen) atoms. The molecule has 2 aromatic rings. The fourth-order valence-corrected chi connectivity index (χ4v) is 6.25. The van der Waals surface area contributed by atoms with Gasteiger partial charge in [-0.05, 0) is 60.6 Å². The average molecular weight is 715 g/mol. The Bertz CT molecular complexity index is 1450. The van der Waals surface area contributed by atoms with Crippen LogP contribution in [0.4, 0.5) is 4.79 Å². The maximum absolute atomic E-state index is 14.4. The van der Waals surface area contributed by atoms with Crippen LogP contribution in [0.3, 0.4) is 0 Å². The Kier molecular flexibility index (Phi) is 14.6. The van der Waals surface area contributed by atoms with Gasteiger partial charge in [0.25, 0.3) is 0 Å². The van der Waals surface area contributed by atoms with Gasteiger partial charge in [-0.3, -0.25) is 9.59 Å². The van der Waals surface area contributed by atoms with E-state index >= 15 is 0 Å². The molecule has 0 spiro atoms. The number of likely N-dealkylation sites (tertiary alicyclic amines) is 1. The summed E-state index contributed by atoms with van der Waals surface area (Å²) in [4.78, 5) is 57.3. The predicted octanol–water partition coefficient (Wildman–Crippen LogP) is 5.39. The molecule has 0 bridgehead atoms. The molecule has 1 saturated heterocycles. The van der Waals surface area contributed by atoms with Crippen molar-refractivity contribution in [3.8, 4) is 11.5 Å². The van der Waals surface area contributed by atoms with E-state index in [1.165, 1.54) is 4.90 Å². The Morgan fingerprint density at radius 2 is 1.62 bits per heavy atom. The second-order valence-corrected chi connectivity index (χ2v) is 13.9. The maximum atomic E-state index is 14.4. The summed E-state index contributed by atoms with van der Waals surface area (Å²) in [7, 11) is 0.